The molecule has 0 N–H and O–H groups in total. The minimum Gasteiger partial charge on any atom is -0.335 e. The molecule has 1 aliphatic heterocycles. The number of rotatable bonds is 3. The van der Waals surface area contributed by atoms with E-state index in [0.29, 0.717) is 31.7 Å². The van der Waals surface area contributed by atoms with Crippen LogP contribution in [-0.2, 0) is 0 Å². The highest BCUT2D eigenvalue weighted by atomic mass is 16.6. The van der Waals surface area contributed by atoms with E-state index in [0.717, 1.165) is 10.8 Å². The lowest BCUT2D eigenvalue weighted by Gasteiger charge is -2.35. The van der Waals surface area contributed by atoms with Gasteiger partial charge in [0.05, 0.1) is 4.92 Å². The molecule has 2 amide bonds. The molecule has 146 valence electrons. The summed E-state index contributed by atoms with van der Waals surface area (Å²) in [5.74, 6) is -0.310. The minimum absolute atomic E-state index is 0.0516. The van der Waals surface area contributed by atoms with Gasteiger partial charge in [0.25, 0.3) is 17.5 Å². The number of hydrogen-bond acceptors (Lipinski definition) is 4. The number of piperazine rings is 1. The standard InChI is InChI=1S/C22H19N3O4/c26-21(17-7-3-8-18(15-17)25(28)29)23-11-13-24(14-12-23)22(27)20-10-4-6-16-5-1-2-9-19(16)20/h1-10,15H,11-14H2. The summed E-state index contributed by atoms with van der Waals surface area (Å²) in [6.07, 6.45) is 0. The highest BCUT2D eigenvalue weighted by Gasteiger charge is 2.26. The summed E-state index contributed by atoms with van der Waals surface area (Å²) in [4.78, 5) is 39.5. The summed E-state index contributed by atoms with van der Waals surface area (Å²) in [7, 11) is 0. The molecule has 3 aromatic rings. The third-order valence-corrected chi connectivity index (χ3v) is 5.18. The molecule has 0 atom stereocenters. The summed E-state index contributed by atoms with van der Waals surface area (Å²) in [6.45, 7) is 1.61. The summed E-state index contributed by atoms with van der Waals surface area (Å²) in [5.41, 5.74) is 0.829. The fraction of sp³-hybridized carbons (Fsp3) is 0.182. The van der Waals surface area contributed by atoms with Crippen LogP contribution in [0.2, 0.25) is 0 Å². The van der Waals surface area contributed by atoms with Crippen LogP contribution >= 0.6 is 0 Å². The van der Waals surface area contributed by atoms with Crippen molar-refractivity contribution in [3.63, 3.8) is 0 Å². The smallest absolute Gasteiger partial charge is 0.270 e. The number of carbonyl (C=O) groups excluding carboxylic acids is 2. The molecular weight excluding hydrogens is 370 g/mol. The number of nitrogens with zero attached hydrogens (tertiary/aromatic N) is 3. The van der Waals surface area contributed by atoms with Gasteiger partial charge in [-0.25, -0.2) is 0 Å². The molecule has 1 aliphatic rings. The van der Waals surface area contributed by atoms with Gasteiger partial charge in [-0.2, -0.15) is 0 Å². The quantitative estimate of drug-likeness (QED) is 0.508. The van der Waals surface area contributed by atoms with Gasteiger partial charge in [0, 0.05) is 49.4 Å². The number of benzene rings is 3. The van der Waals surface area contributed by atoms with E-state index in [1.165, 1.54) is 18.2 Å². The number of hydrogen-bond donors (Lipinski definition) is 0. The second-order valence-electron chi connectivity index (χ2n) is 6.92. The van der Waals surface area contributed by atoms with Crippen LogP contribution in [0.15, 0.2) is 66.7 Å². The number of amides is 2. The molecule has 0 unspecified atom stereocenters. The van der Waals surface area contributed by atoms with Crippen molar-refractivity contribution in [2.45, 2.75) is 0 Å². The lowest BCUT2D eigenvalue weighted by atomic mass is 10.0. The van der Waals surface area contributed by atoms with Crippen molar-refractivity contribution in [1.82, 2.24) is 9.80 Å². The highest BCUT2D eigenvalue weighted by Crippen LogP contribution is 2.21. The molecular formula is C22H19N3O4. The van der Waals surface area contributed by atoms with Crippen molar-refractivity contribution in [2.75, 3.05) is 26.2 Å². The zero-order valence-corrected chi connectivity index (χ0v) is 15.7. The van der Waals surface area contributed by atoms with Crippen LogP contribution in [0.5, 0.6) is 0 Å². The Kier molecular flexibility index (Phi) is 4.95. The molecule has 0 saturated carbocycles. The normalized spacial score (nSPS) is 14.1. The summed E-state index contributed by atoms with van der Waals surface area (Å²) in [6, 6.07) is 19.2. The second kappa shape index (κ2) is 7.71. The Morgan fingerprint density at radius 1 is 0.793 bits per heavy atom. The third kappa shape index (κ3) is 3.67. The molecule has 1 fully saturated rings. The SMILES string of the molecule is O=C(c1cccc([N+](=O)[O-])c1)N1CCN(C(=O)c2cccc3ccccc23)CC1. The Balaban J connectivity index is 1.46. The van der Waals surface area contributed by atoms with E-state index in [1.807, 2.05) is 42.5 Å². The third-order valence-electron chi connectivity index (χ3n) is 5.18. The van der Waals surface area contributed by atoms with Gasteiger partial charge in [-0.15, -0.1) is 0 Å². The molecule has 0 bridgehead atoms. The Labute approximate surface area is 167 Å². The second-order valence-corrected chi connectivity index (χ2v) is 6.92. The molecule has 7 nitrogen and oxygen atoms in total. The van der Waals surface area contributed by atoms with Crippen LogP contribution in [0.25, 0.3) is 10.8 Å². The van der Waals surface area contributed by atoms with Gasteiger partial charge in [0.2, 0.25) is 0 Å². The lowest BCUT2D eigenvalue weighted by Crippen LogP contribution is -2.50. The van der Waals surface area contributed by atoms with Crippen molar-refractivity contribution < 1.29 is 14.5 Å². The molecule has 0 aromatic heterocycles. The number of non-ortho nitro benzene ring substituents is 1. The van der Waals surface area contributed by atoms with Gasteiger partial charge in [-0.05, 0) is 22.9 Å². The molecule has 4 rings (SSSR count). The van der Waals surface area contributed by atoms with Crippen LogP contribution in [0.4, 0.5) is 5.69 Å². The largest absolute Gasteiger partial charge is 0.335 e. The van der Waals surface area contributed by atoms with Gasteiger partial charge in [-0.3, -0.25) is 19.7 Å². The zero-order chi connectivity index (χ0) is 20.4. The van der Waals surface area contributed by atoms with E-state index in [1.54, 1.807) is 15.9 Å². The van der Waals surface area contributed by atoms with Gasteiger partial charge in [0.15, 0.2) is 0 Å². The van der Waals surface area contributed by atoms with Crippen molar-refractivity contribution in [3.05, 3.63) is 88.0 Å². The van der Waals surface area contributed by atoms with Crippen molar-refractivity contribution >= 4 is 28.3 Å². The van der Waals surface area contributed by atoms with E-state index in [2.05, 4.69) is 0 Å². The minimum atomic E-state index is -0.516. The fourth-order valence-electron chi connectivity index (χ4n) is 3.63. The first kappa shape index (κ1) is 18.6. The maximum absolute atomic E-state index is 13.0. The lowest BCUT2D eigenvalue weighted by molar-refractivity contribution is -0.384. The first-order chi connectivity index (χ1) is 14.0. The maximum Gasteiger partial charge on any atom is 0.270 e. The van der Waals surface area contributed by atoms with Crippen molar-refractivity contribution in [2.24, 2.45) is 0 Å². The van der Waals surface area contributed by atoms with Gasteiger partial charge < -0.3 is 9.80 Å². The molecule has 1 heterocycles. The van der Waals surface area contributed by atoms with Crippen molar-refractivity contribution in [1.29, 1.82) is 0 Å². The Morgan fingerprint density at radius 3 is 2.14 bits per heavy atom. The summed E-state index contributed by atoms with van der Waals surface area (Å²) >= 11 is 0. The van der Waals surface area contributed by atoms with Crippen LogP contribution < -0.4 is 0 Å². The monoisotopic (exact) mass is 389 g/mol. The van der Waals surface area contributed by atoms with Crippen LogP contribution in [-0.4, -0.2) is 52.7 Å². The average Bonchev–Trinajstić information content (AvgIpc) is 2.78. The van der Waals surface area contributed by atoms with Crippen LogP contribution in [0.3, 0.4) is 0 Å². The average molecular weight is 389 g/mol. The zero-order valence-electron chi connectivity index (χ0n) is 15.7. The van der Waals surface area contributed by atoms with Crippen LogP contribution in [0.1, 0.15) is 20.7 Å². The van der Waals surface area contributed by atoms with Crippen molar-refractivity contribution in [3.8, 4) is 0 Å². The molecule has 0 spiro atoms. The van der Waals surface area contributed by atoms with Gasteiger partial charge in [-0.1, -0.05) is 42.5 Å². The topological polar surface area (TPSA) is 83.8 Å². The molecule has 7 heteroatoms. The van der Waals surface area contributed by atoms with E-state index in [9.17, 15) is 19.7 Å². The van der Waals surface area contributed by atoms with Crippen LogP contribution in [0, 0.1) is 10.1 Å². The number of fused-ring (bicyclic) bond motifs is 1. The van der Waals surface area contributed by atoms with E-state index >= 15 is 0 Å². The fourth-order valence-corrected chi connectivity index (χ4v) is 3.63. The highest BCUT2D eigenvalue weighted by molar-refractivity contribution is 6.07. The van der Waals surface area contributed by atoms with E-state index in [-0.39, 0.29) is 23.1 Å². The first-order valence-electron chi connectivity index (χ1n) is 9.35. The maximum atomic E-state index is 13.0. The molecule has 3 aromatic carbocycles. The van der Waals surface area contributed by atoms with Gasteiger partial charge in [0.1, 0.15) is 0 Å². The van der Waals surface area contributed by atoms with E-state index in [4.69, 9.17) is 0 Å². The Morgan fingerprint density at radius 2 is 1.41 bits per heavy atom. The first-order valence-corrected chi connectivity index (χ1v) is 9.35. The Bertz CT molecular complexity index is 1100. The van der Waals surface area contributed by atoms with Gasteiger partial charge >= 0.3 is 0 Å². The number of carbonyl (C=O) groups is 2. The summed E-state index contributed by atoms with van der Waals surface area (Å²) in [5, 5.41) is 12.9. The Hall–Kier alpha value is -3.74. The summed E-state index contributed by atoms with van der Waals surface area (Å²) < 4.78 is 0. The number of nitro benzene ring substituents is 1. The predicted octanol–water partition coefficient (Wildman–Crippen LogP) is 3.35. The predicted molar refractivity (Wildman–Crippen MR) is 109 cm³/mol. The number of nitro groups is 1. The van der Waals surface area contributed by atoms with E-state index < -0.39 is 4.92 Å². The molecule has 0 radical (unpaired) electrons. The molecule has 0 aliphatic carbocycles. The molecule has 29 heavy (non-hydrogen) atoms. The molecule has 1 saturated heterocycles.